The minimum atomic E-state index is 0.00176. The summed E-state index contributed by atoms with van der Waals surface area (Å²) in [4.78, 5) is 18.3. The van der Waals surface area contributed by atoms with Gasteiger partial charge in [-0.3, -0.25) is 9.78 Å². The van der Waals surface area contributed by atoms with Crippen LogP contribution in [0.15, 0.2) is 18.3 Å². The predicted octanol–water partition coefficient (Wildman–Crippen LogP) is 3.14. The van der Waals surface area contributed by atoms with Crippen LogP contribution in [-0.2, 0) is 0 Å². The summed E-state index contributed by atoms with van der Waals surface area (Å²) in [7, 11) is 0. The van der Waals surface area contributed by atoms with Gasteiger partial charge in [0, 0.05) is 23.8 Å². The lowest BCUT2D eigenvalue weighted by Crippen LogP contribution is -2.38. The molecule has 2 heterocycles. The number of likely N-dealkylation sites (tertiary alicyclic amines) is 1. The van der Waals surface area contributed by atoms with Gasteiger partial charge in [0.15, 0.2) is 0 Å². The van der Waals surface area contributed by atoms with Gasteiger partial charge in [0.25, 0.3) is 5.91 Å². The summed E-state index contributed by atoms with van der Waals surface area (Å²) >= 11 is 5.89. The lowest BCUT2D eigenvalue weighted by Gasteiger charge is -2.26. The first-order valence-corrected chi connectivity index (χ1v) is 6.49. The van der Waals surface area contributed by atoms with E-state index < -0.39 is 0 Å². The highest BCUT2D eigenvalue weighted by atomic mass is 35.5. The molecule has 0 radical (unpaired) electrons. The van der Waals surface area contributed by atoms with E-state index in [1.54, 1.807) is 18.3 Å². The van der Waals surface area contributed by atoms with Crippen LogP contribution in [0.5, 0.6) is 0 Å². The molecule has 92 valence electrons. The van der Waals surface area contributed by atoms with E-state index in [4.69, 9.17) is 11.6 Å². The Morgan fingerprint density at radius 2 is 2.29 bits per heavy atom. The minimum absolute atomic E-state index is 0.00176. The lowest BCUT2D eigenvalue weighted by molar-refractivity contribution is 0.0692. The number of carbonyl (C=O) groups is 1. The van der Waals surface area contributed by atoms with Gasteiger partial charge in [0.05, 0.1) is 0 Å². The van der Waals surface area contributed by atoms with Gasteiger partial charge in [0.1, 0.15) is 5.69 Å². The zero-order valence-electron chi connectivity index (χ0n) is 10.0. The van der Waals surface area contributed by atoms with Crippen LogP contribution in [0, 0.1) is 0 Å². The zero-order chi connectivity index (χ0) is 12.3. The van der Waals surface area contributed by atoms with E-state index in [0.29, 0.717) is 16.8 Å². The van der Waals surface area contributed by atoms with Gasteiger partial charge < -0.3 is 4.90 Å². The highest BCUT2D eigenvalue weighted by Crippen LogP contribution is 2.19. The van der Waals surface area contributed by atoms with Crippen molar-refractivity contribution in [2.24, 2.45) is 0 Å². The first kappa shape index (κ1) is 12.4. The molecule has 1 unspecified atom stereocenters. The molecule has 1 saturated heterocycles. The number of pyridine rings is 1. The summed E-state index contributed by atoms with van der Waals surface area (Å²) < 4.78 is 0. The first-order chi connectivity index (χ1) is 8.18. The van der Waals surface area contributed by atoms with Crippen molar-refractivity contribution >= 4 is 17.5 Å². The van der Waals surface area contributed by atoms with E-state index in [1.165, 1.54) is 12.8 Å². The molecule has 0 N–H and O–H groups in total. The van der Waals surface area contributed by atoms with Crippen LogP contribution < -0.4 is 0 Å². The fourth-order valence-corrected chi connectivity index (χ4v) is 2.41. The molecule has 2 rings (SSSR count). The molecular weight excluding hydrogens is 236 g/mol. The third-order valence-electron chi connectivity index (χ3n) is 3.25. The van der Waals surface area contributed by atoms with Crippen LogP contribution in [0.3, 0.4) is 0 Å². The molecule has 1 aliphatic heterocycles. The Labute approximate surface area is 107 Å². The van der Waals surface area contributed by atoms with E-state index in [2.05, 4.69) is 11.9 Å². The average molecular weight is 253 g/mol. The zero-order valence-corrected chi connectivity index (χ0v) is 10.8. The van der Waals surface area contributed by atoms with Crippen LogP contribution in [0.1, 0.15) is 43.1 Å². The van der Waals surface area contributed by atoms with Crippen molar-refractivity contribution in [3.05, 3.63) is 29.0 Å². The van der Waals surface area contributed by atoms with Gasteiger partial charge in [-0.1, -0.05) is 24.4 Å². The van der Waals surface area contributed by atoms with E-state index in [0.717, 1.165) is 19.4 Å². The fraction of sp³-hybridized carbons (Fsp3) is 0.538. The van der Waals surface area contributed by atoms with Crippen LogP contribution in [0.2, 0.25) is 5.02 Å². The molecule has 1 aromatic rings. The Hall–Kier alpha value is -1.09. The van der Waals surface area contributed by atoms with E-state index in [1.807, 2.05) is 4.90 Å². The van der Waals surface area contributed by atoms with Crippen molar-refractivity contribution in [1.29, 1.82) is 0 Å². The van der Waals surface area contributed by atoms with Gasteiger partial charge in [0.2, 0.25) is 0 Å². The largest absolute Gasteiger partial charge is 0.335 e. The number of hydrogen-bond donors (Lipinski definition) is 0. The van der Waals surface area contributed by atoms with E-state index >= 15 is 0 Å². The van der Waals surface area contributed by atoms with Crippen molar-refractivity contribution in [2.45, 2.75) is 38.6 Å². The molecule has 0 saturated carbocycles. The number of nitrogens with zero attached hydrogens (tertiary/aromatic N) is 2. The maximum atomic E-state index is 12.3. The van der Waals surface area contributed by atoms with Crippen molar-refractivity contribution in [1.82, 2.24) is 9.88 Å². The SMILES string of the molecule is CC1CCCCCN1C(=O)c1cc(Cl)ccn1. The van der Waals surface area contributed by atoms with Gasteiger partial charge in [-0.15, -0.1) is 0 Å². The number of halogens is 1. The maximum Gasteiger partial charge on any atom is 0.272 e. The van der Waals surface area contributed by atoms with Crippen molar-refractivity contribution in [3.63, 3.8) is 0 Å². The summed E-state index contributed by atoms with van der Waals surface area (Å²) in [5.41, 5.74) is 0.450. The molecule has 1 atom stereocenters. The second kappa shape index (κ2) is 5.50. The highest BCUT2D eigenvalue weighted by Gasteiger charge is 2.23. The molecule has 1 fully saturated rings. The predicted molar refractivity (Wildman–Crippen MR) is 68.2 cm³/mol. The molecule has 3 nitrogen and oxygen atoms in total. The summed E-state index contributed by atoms with van der Waals surface area (Å²) in [5.74, 6) is 0.00176. The number of carbonyl (C=O) groups excluding carboxylic acids is 1. The van der Waals surface area contributed by atoms with Crippen molar-refractivity contribution in [2.75, 3.05) is 6.54 Å². The van der Waals surface area contributed by atoms with E-state index in [-0.39, 0.29) is 5.91 Å². The first-order valence-electron chi connectivity index (χ1n) is 6.11. The molecule has 4 heteroatoms. The van der Waals surface area contributed by atoms with Crippen molar-refractivity contribution < 1.29 is 4.79 Å². The average Bonchev–Trinajstić information content (AvgIpc) is 2.53. The second-order valence-corrected chi connectivity index (χ2v) is 4.99. The van der Waals surface area contributed by atoms with Crippen molar-refractivity contribution in [3.8, 4) is 0 Å². The maximum absolute atomic E-state index is 12.3. The minimum Gasteiger partial charge on any atom is -0.335 e. The summed E-state index contributed by atoms with van der Waals surface area (Å²) in [5, 5.41) is 0.561. The van der Waals surface area contributed by atoms with Gasteiger partial charge >= 0.3 is 0 Å². The smallest absolute Gasteiger partial charge is 0.272 e. The van der Waals surface area contributed by atoms with E-state index in [9.17, 15) is 4.79 Å². The Morgan fingerprint density at radius 3 is 3.06 bits per heavy atom. The summed E-state index contributed by atoms with van der Waals surface area (Å²) in [6, 6.07) is 3.62. The molecule has 0 aromatic carbocycles. The molecule has 1 aromatic heterocycles. The Kier molecular flexibility index (Phi) is 4.00. The van der Waals surface area contributed by atoms with Crippen LogP contribution in [0.25, 0.3) is 0 Å². The quantitative estimate of drug-likeness (QED) is 0.769. The number of hydrogen-bond acceptors (Lipinski definition) is 2. The molecule has 0 aliphatic carbocycles. The molecule has 1 amide bonds. The molecule has 1 aliphatic rings. The summed E-state index contributed by atoms with van der Waals surface area (Å²) in [6.45, 7) is 2.93. The topological polar surface area (TPSA) is 33.2 Å². The third-order valence-corrected chi connectivity index (χ3v) is 3.49. The molecule has 17 heavy (non-hydrogen) atoms. The highest BCUT2D eigenvalue weighted by molar-refractivity contribution is 6.30. The lowest BCUT2D eigenvalue weighted by atomic mass is 10.1. The fourth-order valence-electron chi connectivity index (χ4n) is 2.25. The molecule has 0 spiro atoms. The monoisotopic (exact) mass is 252 g/mol. The number of rotatable bonds is 1. The number of aromatic nitrogens is 1. The Balaban J connectivity index is 2.18. The second-order valence-electron chi connectivity index (χ2n) is 4.56. The standard InChI is InChI=1S/C13H17ClN2O/c1-10-5-3-2-4-8-16(10)13(17)12-9-11(14)6-7-15-12/h6-7,9-10H,2-5,8H2,1H3. The normalized spacial score (nSPS) is 21.1. The van der Waals surface area contributed by atoms with Gasteiger partial charge in [-0.2, -0.15) is 0 Å². The summed E-state index contributed by atoms with van der Waals surface area (Å²) in [6.07, 6.45) is 6.14. The van der Waals surface area contributed by atoms with Crippen LogP contribution in [-0.4, -0.2) is 28.4 Å². The molecule has 0 bridgehead atoms. The van der Waals surface area contributed by atoms with Gasteiger partial charge in [-0.25, -0.2) is 0 Å². The Bertz CT molecular complexity index is 408. The Morgan fingerprint density at radius 1 is 1.47 bits per heavy atom. The van der Waals surface area contributed by atoms with Crippen LogP contribution in [0.4, 0.5) is 0 Å². The van der Waals surface area contributed by atoms with Crippen LogP contribution >= 0.6 is 11.6 Å². The van der Waals surface area contributed by atoms with Gasteiger partial charge in [-0.05, 0) is 31.9 Å². The molecular formula is C13H17ClN2O. The third kappa shape index (κ3) is 2.97. The number of amides is 1.